The van der Waals surface area contributed by atoms with Crippen molar-refractivity contribution in [2.45, 2.75) is 19.6 Å². The van der Waals surface area contributed by atoms with Gasteiger partial charge in [-0.25, -0.2) is 9.37 Å². The standard InChI is InChI=1S/C23H15F4N7O2/c1-10-15(20(23(25,26)27)33-34(10)9-14-11(8-28)4-3-7-31-14)17-18(21(29)35)16-12(24)5-2-6-13(16)32-19(17)22(30)36/h2-7H,9H2,1H3,(H2,29,35)(H2,30,36). The predicted molar refractivity (Wildman–Crippen MR) is 118 cm³/mol. The minimum atomic E-state index is -5.08. The summed E-state index contributed by atoms with van der Waals surface area (Å²) < 4.78 is 58.3. The number of primary amides is 2. The first-order chi connectivity index (χ1) is 17.0. The zero-order valence-corrected chi connectivity index (χ0v) is 18.4. The van der Waals surface area contributed by atoms with E-state index < -0.39 is 57.3 Å². The number of hydrogen-bond acceptors (Lipinski definition) is 6. The minimum absolute atomic E-state index is 0.104. The molecule has 0 spiro atoms. The topological polar surface area (TPSA) is 154 Å². The summed E-state index contributed by atoms with van der Waals surface area (Å²) in [5, 5.41) is 12.5. The van der Waals surface area contributed by atoms with Crippen LogP contribution in [-0.4, -0.2) is 31.6 Å². The van der Waals surface area contributed by atoms with Crippen LogP contribution in [0, 0.1) is 24.1 Å². The van der Waals surface area contributed by atoms with Crippen LogP contribution in [0.1, 0.15) is 43.5 Å². The lowest BCUT2D eigenvalue weighted by Gasteiger charge is -2.16. The van der Waals surface area contributed by atoms with Crippen molar-refractivity contribution < 1.29 is 27.2 Å². The second kappa shape index (κ2) is 8.73. The van der Waals surface area contributed by atoms with Crippen molar-refractivity contribution in [3.05, 3.63) is 76.2 Å². The first-order valence-corrected chi connectivity index (χ1v) is 10.2. The number of benzene rings is 1. The van der Waals surface area contributed by atoms with E-state index in [0.717, 1.165) is 10.7 Å². The third-order valence-corrected chi connectivity index (χ3v) is 5.48. The molecule has 0 atom stereocenters. The Morgan fingerprint density at radius 3 is 2.44 bits per heavy atom. The largest absolute Gasteiger partial charge is 0.435 e. The van der Waals surface area contributed by atoms with Crippen molar-refractivity contribution in [2.24, 2.45) is 11.5 Å². The van der Waals surface area contributed by atoms with Crippen molar-refractivity contribution in [3.8, 4) is 17.2 Å². The average Bonchev–Trinajstić information content (AvgIpc) is 3.14. The lowest BCUT2D eigenvalue weighted by molar-refractivity contribution is -0.141. The van der Waals surface area contributed by atoms with Crippen LogP contribution >= 0.6 is 0 Å². The van der Waals surface area contributed by atoms with Crippen LogP contribution in [0.2, 0.25) is 0 Å². The molecule has 4 aromatic rings. The summed E-state index contributed by atoms with van der Waals surface area (Å²) in [5.41, 5.74) is 6.45. The van der Waals surface area contributed by atoms with E-state index in [1.807, 2.05) is 6.07 Å². The first-order valence-electron chi connectivity index (χ1n) is 10.2. The molecule has 0 aliphatic rings. The molecule has 0 radical (unpaired) electrons. The normalized spacial score (nSPS) is 11.4. The molecule has 0 fully saturated rings. The molecular formula is C23H15F4N7O2. The van der Waals surface area contributed by atoms with E-state index in [0.29, 0.717) is 0 Å². The fourth-order valence-corrected chi connectivity index (χ4v) is 3.95. The molecule has 4 N–H and O–H groups in total. The molecule has 182 valence electrons. The quantitative estimate of drug-likeness (QED) is 0.404. The summed E-state index contributed by atoms with van der Waals surface area (Å²) >= 11 is 0. The number of halogens is 4. The van der Waals surface area contributed by atoms with Gasteiger partial charge in [0.25, 0.3) is 5.91 Å². The summed E-state index contributed by atoms with van der Waals surface area (Å²) in [6.45, 7) is 0.888. The molecular weight excluding hydrogens is 482 g/mol. The zero-order valence-electron chi connectivity index (χ0n) is 18.4. The summed E-state index contributed by atoms with van der Waals surface area (Å²) in [4.78, 5) is 32.8. The summed E-state index contributed by atoms with van der Waals surface area (Å²) in [7, 11) is 0. The highest BCUT2D eigenvalue weighted by Crippen LogP contribution is 2.42. The van der Waals surface area contributed by atoms with E-state index in [1.165, 1.54) is 37.4 Å². The van der Waals surface area contributed by atoms with Gasteiger partial charge < -0.3 is 11.5 Å². The van der Waals surface area contributed by atoms with Gasteiger partial charge in [0.05, 0.1) is 28.9 Å². The Balaban J connectivity index is 2.14. The maximum atomic E-state index is 14.8. The lowest BCUT2D eigenvalue weighted by Crippen LogP contribution is -2.22. The highest BCUT2D eigenvalue weighted by molar-refractivity contribution is 6.15. The van der Waals surface area contributed by atoms with E-state index in [9.17, 15) is 32.4 Å². The van der Waals surface area contributed by atoms with Gasteiger partial charge in [-0.15, -0.1) is 0 Å². The summed E-state index contributed by atoms with van der Waals surface area (Å²) in [6, 6.07) is 8.27. The van der Waals surface area contributed by atoms with Gasteiger partial charge in [0, 0.05) is 28.4 Å². The Morgan fingerprint density at radius 2 is 1.83 bits per heavy atom. The number of hydrogen-bond donors (Lipinski definition) is 2. The fraction of sp³-hybridized carbons (Fsp3) is 0.130. The van der Waals surface area contributed by atoms with Crippen LogP contribution in [-0.2, 0) is 12.7 Å². The minimum Gasteiger partial charge on any atom is -0.366 e. The van der Waals surface area contributed by atoms with Gasteiger partial charge in [-0.3, -0.25) is 19.3 Å². The smallest absolute Gasteiger partial charge is 0.366 e. The number of nitrogens with two attached hydrogens (primary N) is 2. The zero-order chi connectivity index (χ0) is 26.4. The molecule has 2 amide bonds. The predicted octanol–water partition coefficient (Wildman–Crippen LogP) is 3.08. The Labute approximate surface area is 200 Å². The number of nitriles is 1. The van der Waals surface area contributed by atoms with E-state index in [2.05, 4.69) is 15.1 Å². The van der Waals surface area contributed by atoms with Gasteiger partial charge in [0.2, 0.25) is 5.91 Å². The number of alkyl halides is 3. The number of pyridine rings is 2. The molecule has 1 aromatic carbocycles. The maximum Gasteiger partial charge on any atom is 0.435 e. The van der Waals surface area contributed by atoms with Crippen LogP contribution in [0.15, 0.2) is 36.5 Å². The Morgan fingerprint density at radius 1 is 1.11 bits per heavy atom. The van der Waals surface area contributed by atoms with Gasteiger partial charge in [-0.1, -0.05) is 6.07 Å². The van der Waals surface area contributed by atoms with E-state index in [4.69, 9.17) is 11.5 Å². The van der Waals surface area contributed by atoms with E-state index in [-0.39, 0.29) is 29.0 Å². The van der Waals surface area contributed by atoms with Crippen LogP contribution < -0.4 is 11.5 Å². The second-order valence-corrected chi connectivity index (χ2v) is 7.65. The van der Waals surface area contributed by atoms with Crippen LogP contribution in [0.5, 0.6) is 0 Å². The number of carbonyl (C=O) groups is 2. The molecule has 3 aromatic heterocycles. The number of nitrogens with zero attached hydrogens (tertiary/aromatic N) is 5. The number of carbonyl (C=O) groups excluding carboxylic acids is 2. The van der Waals surface area contributed by atoms with Crippen molar-refractivity contribution in [2.75, 3.05) is 0 Å². The van der Waals surface area contributed by atoms with Crippen molar-refractivity contribution in [1.82, 2.24) is 19.7 Å². The van der Waals surface area contributed by atoms with Gasteiger partial charge in [0.1, 0.15) is 17.6 Å². The molecule has 0 aliphatic heterocycles. The van der Waals surface area contributed by atoms with E-state index >= 15 is 0 Å². The first kappa shape index (κ1) is 24.3. The van der Waals surface area contributed by atoms with Gasteiger partial charge in [-0.2, -0.15) is 23.5 Å². The van der Waals surface area contributed by atoms with Crippen molar-refractivity contribution in [3.63, 3.8) is 0 Å². The number of rotatable bonds is 5. The number of aromatic nitrogens is 4. The lowest BCUT2D eigenvalue weighted by atomic mass is 9.91. The summed E-state index contributed by atoms with van der Waals surface area (Å²) in [5.74, 6) is -3.56. The monoisotopic (exact) mass is 497 g/mol. The molecule has 13 heteroatoms. The molecule has 4 rings (SSSR count). The Hall–Kier alpha value is -4.86. The third kappa shape index (κ3) is 3.98. The molecule has 0 unspecified atom stereocenters. The average molecular weight is 497 g/mol. The maximum absolute atomic E-state index is 14.8. The molecule has 0 aliphatic carbocycles. The molecule has 0 saturated carbocycles. The summed E-state index contributed by atoms with van der Waals surface area (Å²) in [6.07, 6.45) is -3.73. The SMILES string of the molecule is Cc1c(-c2c(C(N)=O)nc3cccc(F)c3c2C(N)=O)c(C(F)(F)F)nn1Cc1ncccc1C#N. The number of fused-ring (bicyclic) bond motifs is 1. The van der Waals surface area contributed by atoms with Crippen LogP contribution in [0.25, 0.3) is 22.0 Å². The highest BCUT2D eigenvalue weighted by atomic mass is 19.4. The second-order valence-electron chi connectivity index (χ2n) is 7.65. The van der Waals surface area contributed by atoms with Gasteiger partial charge in [-0.05, 0) is 31.2 Å². The van der Waals surface area contributed by atoms with Crippen LogP contribution in [0.3, 0.4) is 0 Å². The molecule has 0 saturated heterocycles. The molecule has 0 bridgehead atoms. The van der Waals surface area contributed by atoms with Crippen LogP contribution in [0.4, 0.5) is 17.6 Å². The Kier molecular flexibility index (Phi) is 5.89. The molecule has 9 nitrogen and oxygen atoms in total. The van der Waals surface area contributed by atoms with Crippen molar-refractivity contribution >= 4 is 22.7 Å². The third-order valence-electron chi connectivity index (χ3n) is 5.48. The fourth-order valence-electron chi connectivity index (χ4n) is 3.95. The number of amides is 2. The Bertz CT molecular complexity index is 1600. The molecule has 3 heterocycles. The molecule has 36 heavy (non-hydrogen) atoms. The van der Waals surface area contributed by atoms with Crippen molar-refractivity contribution in [1.29, 1.82) is 5.26 Å². The highest BCUT2D eigenvalue weighted by Gasteiger charge is 2.41. The van der Waals surface area contributed by atoms with Gasteiger partial charge in [0.15, 0.2) is 5.69 Å². The van der Waals surface area contributed by atoms with Gasteiger partial charge >= 0.3 is 6.18 Å². The van der Waals surface area contributed by atoms with E-state index in [1.54, 1.807) is 0 Å².